The minimum atomic E-state index is -3.58. The second-order valence-electron chi connectivity index (χ2n) is 7.87. The molecule has 1 aliphatic rings. The van der Waals surface area contributed by atoms with Gasteiger partial charge in [0.1, 0.15) is 0 Å². The third-order valence-corrected chi connectivity index (χ3v) is 6.11. The fraction of sp³-hybridized carbons (Fsp3) is 0.611. The number of carbonyl (C=O) groups is 1. The maximum absolute atomic E-state index is 12.6. The minimum absolute atomic E-state index is 0.0371. The highest BCUT2D eigenvalue weighted by molar-refractivity contribution is 7.89. The van der Waals surface area contributed by atoms with Crippen molar-refractivity contribution in [2.45, 2.75) is 50.1 Å². The molecular formula is C18H29N3O3S. The Labute approximate surface area is 151 Å². The van der Waals surface area contributed by atoms with E-state index in [1.54, 1.807) is 32.9 Å². The molecule has 0 aromatic heterocycles. The zero-order valence-electron chi connectivity index (χ0n) is 15.7. The molecule has 0 atom stereocenters. The van der Waals surface area contributed by atoms with Gasteiger partial charge in [-0.25, -0.2) is 13.1 Å². The van der Waals surface area contributed by atoms with Gasteiger partial charge in [0.15, 0.2) is 0 Å². The van der Waals surface area contributed by atoms with Gasteiger partial charge in [-0.05, 0) is 72.0 Å². The zero-order chi connectivity index (χ0) is 18.8. The lowest BCUT2D eigenvalue weighted by Gasteiger charge is -2.35. The first-order valence-electron chi connectivity index (χ1n) is 8.59. The van der Waals surface area contributed by atoms with Crippen molar-refractivity contribution in [3.05, 3.63) is 29.8 Å². The average Bonchev–Trinajstić information content (AvgIpc) is 2.52. The van der Waals surface area contributed by atoms with Crippen LogP contribution in [-0.2, 0) is 10.0 Å². The molecule has 1 heterocycles. The summed E-state index contributed by atoms with van der Waals surface area (Å²) in [4.78, 5) is 16.8. The summed E-state index contributed by atoms with van der Waals surface area (Å²) < 4.78 is 27.3. The lowest BCUT2D eigenvalue weighted by atomic mass is 10.0. The SMILES string of the molecule is CN(C)C1CCN(C(=O)c2ccc(S(=O)(=O)NC(C)(C)C)cc2)CC1. The molecule has 0 bridgehead atoms. The minimum Gasteiger partial charge on any atom is -0.339 e. The van der Waals surface area contributed by atoms with Crippen LogP contribution in [0.2, 0.25) is 0 Å². The first-order chi connectivity index (χ1) is 11.5. The van der Waals surface area contributed by atoms with Crippen molar-refractivity contribution in [1.29, 1.82) is 0 Å². The third-order valence-electron chi connectivity index (χ3n) is 4.33. The number of piperidine rings is 1. The van der Waals surface area contributed by atoms with E-state index in [4.69, 9.17) is 0 Å². The molecule has 1 aliphatic heterocycles. The monoisotopic (exact) mass is 367 g/mol. The van der Waals surface area contributed by atoms with Gasteiger partial charge in [0.2, 0.25) is 10.0 Å². The van der Waals surface area contributed by atoms with Crippen LogP contribution in [-0.4, -0.2) is 62.9 Å². The normalized spacial score (nSPS) is 17.1. The Kier molecular flexibility index (Phi) is 5.91. The molecule has 140 valence electrons. The van der Waals surface area contributed by atoms with E-state index in [0.29, 0.717) is 11.6 Å². The molecular weight excluding hydrogens is 338 g/mol. The molecule has 7 heteroatoms. The van der Waals surface area contributed by atoms with Gasteiger partial charge in [-0.1, -0.05) is 0 Å². The van der Waals surface area contributed by atoms with E-state index in [1.807, 2.05) is 4.90 Å². The molecule has 0 saturated carbocycles. The highest BCUT2D eigenvalue weighted by atomic mass is 32.2. The maximum Gasteiger partial charge on any atom is 0.253 e. The number of nitrogens with zero attached hydrogens (tertiary/aromatic N) is 2. The second-order valence-corrected chi connectivity index (χ2v) is 9.55. The van der Waals surface area contributed by atoms with Crippen molar-refractivity contribution < 1.29 is 13.2 Å². The zero-order valence-corrected chi connectivity index (χ0v) is 16.6. The van der Waals surface area contributed by atoms with Crippen LogP contribution < -0.4 is 4.72 Å². The van der Waals surface area contributed by atoms with Crippen LogP contribution in [0.3, 0.4) is 0 Å². The molecule has 2 rings (SSSR count). The molecule has 1 amide bonds. The van der Waals surface area contributed by atoms with E-state index in [9.17, 15) is 13.2 Å². The van der Waals surface area contributed by atoms with Crippen LogP contribution in [0.1, 0.15) is 44.0 Å². The van der Waals surface area contributed by atoms with Gasteiger partial charge < -0.3 is 9.80 Å². The quantitative estimate of drug-likeness (QED) is 0.883. The molecule has 6 nitrogen and oxygen atoms in total. The number of rotatable bonds is 4. The van der Waals surface area contributed by atoms with Crippen LogP contribution in [0.25, 0.3) is 0 Å². The summed E-state index contributed by atoms with van der Waals surface area (Å²) in [5.41, 5.74) is -0.0255. The van der Waals surface area contributed by atoms with Gasteiger partial charge in [-0.15, -0.1) is 0 Å². The number of hydrogen-bond donors (Lipinski definition) is 1. The second kappa shape index (κ2) is 7.43. The molecule has 1 aromatic carbocycles. The fourth-order valence-electron chi connectivity index (χ4n) is 3.01. The van der Waals surface area contributed by atoms with Gasteiger partial charge >= 0.3 is 0 Å². The molecule has 0 radical (unpaired) electrons. The molecule has 25 heavy (non-hydrogen) atoms. The molecule has 1 N–H and O–H groups in total. The number of sulfonamides is 1. The van der Waals surface area contributed by atoms with Crippen LogP contribution >= 0.6 is 0 Å². The Morgan fingerprint density at radius 2 is 1.64 bits per heavy atom. The number of likely N-dealkylation sites (tertiary alicyclic amines) is 1. The van der Waals surface area contributed by atoms with Crippen molar-refractivity contribution in [1.82, 2.24) is 14.5 Å². The van der Waals surface area contributed by atoms with Gasteiger partial charge in [0.05, 0.1) is 4.90 Å². The van der Waals surface area contributed by atoms with Gasteiger partial charge in [-0.2, -0.15) is 0 Å². The summed E-state index contributed by atoms with van der Waals surface area (Å²) in [5.74, 6) is -0.0371. The lowest BCUT2D eigenvalue weighted by Crippen LogP contribution is -2.44. The Balaban J connectivity index is 2.06. The largest absolute Gasteiger partial charge is 0.339 e. The summed E-state index contributed by atoms with van der Waals surface area (Å²) in [6, 6.07) is 6.69. The van der Waals surface area contributed by atoms with E-state index in [2.05, 4.69) is 23.7 Å². The van der Waals surface area contributed by atoms with Crippen molar-refractivity contribution in [3.63, 3.8) is 0 Å². The Morgan fingerprint density at radius 1 is 1.12 bits per heavy atom. The van der Waals surface area contributed by atoms with Crippen LogP contribution in [0.15, 0.2) is 29.2 Å². The highest BCUT2D eigenvalue weighted by Crippen LogP contribution is 2.18. The van der Waals surface area contributed by atoms with Crippen molar-refractivity contribution in [2.75, 3.05) is 27.2 Å². The summed E-state index contributed by atoms with van der Waals surface area (Å²) in [6.45, 7) is 6.83. The molecule has 0 unspecified atom stereocenters. The Morgan fingerprint density at radius 3 is 2.08 bits per heavy atom. The van der Waals surface area contributed by atoms with E-state index in [1.165, 1.54) is 12.1 Å². The lowest BCUT2D eigenvalue weighted by molar-refractivity contribution is 0.0663. The molecule has 0 aliphatic carbocycles. The number of hydrogen-bond acceptors (Lipinski definition) is 4. The smallest absolute Gasteiger partial charge is 0.253 e. The highest BCUT2D eigenvalue weighted by Gasteiger charge is 2.26. The number of carbonyl (C=O) groups excluding carboxylic acids is 1. The van der Waals surface area contributed by atoms with Crippen LogP contribution in [0.4, 0.5) is 0 Å². The summed E-state index contributed by atoms with van der Waals surface area (Å²) >= 11 is 0. The standard InChI is InChI=1S/C18H29N3O3S/c1-18(2,3)19-25(23,24)16-8-6-14(7-9-16)17(22)21-12-10-15(11-13-21)20(4)5/h6-9,15,19H,10-13H2,1-5H3. The van der Waals surface area contributed by atoms with Gasteiger partial charge in [0.25, 0.3) is 5.91 Å². The predicted octanol–water partition coefficient (Wildman–Crippen LogP) is 1.93. The summed E-state index contributed by atoms with van der Waals surface area (Å²) in [7, 11) is 0.542. The maximum atomic E-state index is 12.6. The van der Waals surface area contributed by atoms with E-state index < -0.39 is 15.6 Å². The molecule has 1 fully saturated rings. The van der Waals surface area contributed by atoms with Crippen molar-refractivity contribution in [2.24, 2.45) is 0 Å². The van der Waals surface area contributed by atoms with E-state index in [-0.39, 0.29) is 10.8 Å². The van der Waals surface area contributed by atoms with Gasteiger partial charge in [0, 0.05) is 30.2 Å². The number of nitrogens with one attached hydrogen (secondary N) is 1. The van der Waals surface area contributed by atoms with Crippen molar-refractivity contribution in [3.8, 4) is 0 Å². The number of amides is 1. The molecule has 1 saturated heterocycles. The first kappa shape index (κ1) is 19.9. The Bertz CT molecular complexity index is 698. The predicted molar refractivity (Wildman–Crippen MR) is 99.1 cm³/mol. The summed E-state index contributed by atoms with van der Waals surface area (Å²) in [5, 5.41) is 0. The van der Waals surface area contributed by atoms with Gasteiger partial charge in [-0.3, -0.25) is 4.79 Å². The molecule has 0 spiro atoms. The molecule has 1 aromatic rings. The van der Waals surface area contributed by atoms with Crippen LogP contribution in [0, 0.1) is 0 Å². The Hall–Kier alpha value is -1.44. The van der Waals surface area contributed by atoms with E-state index >= 15 is 0 Å². The van der Waals surface area contributed by atoms with Crippen LogP contribution in [0.5, 0.6) is 0 Å². The first-order valence-corrected chi connectivity index (χ1v) is 10.1. The average molecular weight is 368 g/mol. The topological polar surface area (TPSA) is 69.7 Å². The van der Waals surface area contributed by atoms with Crippen molar-refractivity contribution >= 4 is 15.9 Å². The number of benzene rings is 1. The fourth-order valence-corrected chi connectivity index (χ4v) is 4.43. The third kappa shape index (κ3) is 5.26. The summed E-state index contributed by atoms with van der Waals surface area (Å²) in [6.07, 6.45) is 1.92. The van der Waals surface area contributed by atoms with E-state index in [0.717, 1.165) is 25.9 Å².